The Balaban J connectivity index is 1.95. The molecule has 5 nitrogen and oxygen atoms in total. The number of hydrogen-bond acceptors (Lipinski definition) is 3. The lowest BCUT2D eigenvalue weighted by Crippen LogP contribution is -2.34. The summed E-state index contributed by atoms with van der Waals surface area (Å²) in [5, 5.41) is 0. The molecule has 0 spiro atoms. The van der Waals surface area contributed by atoms with Crippen LogP contribution in [0.4, 0.5) is 0 Å². The van der Waals surface area contributed by atoms with Crippen molar-refractivity contribution in [1.82, 2.24) is 4.90 Å². The molecule has 0 aliphatic carbocycles. The van der Waals surface area contributed by atoms with Crippen molar-refractivity contribution < 1.29 is 14.3 Å². The molecule has 1 aromatic rings. The summed E-state index contributed by atoms with van der Waals surface area (Å²) in [5.41, 5.74) is 6.11. The van der Waals surface area contributed by atoms with E-state index >= 15 is 0 Å². The zero-order valence-electron chi connectivity index (χ0n) is 12.3. The molecule has 5 heteroatoms. The van der Waals surface area contributed by atoms with Crippen LogP contribution < -0.4 is 5.73 Å². The maximum atomic E-state index is 12.6. The number of likely N-dealkylation sites (tertiary alicyclic amines) is 1. The van der Waals surface area contributed by atoms with E-state index in [9.17, 15) is 9.59 Å². The Bertz CT molecular complexity index is 490. The summed E-state index contributed by atoms with van der Waals surface area (Å²) < 4.78 is 5.40. The Morgan fingerprint density at radius 2 is 2.10 bits per heavy atom. The van der Waals surface area contributed by atoms with Crippen molar-refractivity contribution in [3.05, 3.63) is 35.9 Å². The molecule has 0 aromatic heterocycles. The number of primary amides is 1. The average Bonchev–Trinajstić information content (AvgIpc) is 2.96. The van der Waals surface area contributed by atoms with E-state index in [0.29, 0.717) is 13.1 Å². The first-order valence-electron chi connectivity index (χ1n) is 7.35. The number of rotatable bonds is 6. The number of carbonyl (C=O) groups excluding carboxylic acids is 2. The molecular weight excluding hydrogens is 268 g/mol. The fraction of sp³-hybridized carbons (Fsp3) is 0.500. The van der Waals surface area contributed by atoms with Crippen LogP contribution in [0, 0.1) is 0 Å². The van der Waals surface area contributed by atoms with Crippen molar-refractivity contribution in [3.8, 4) is 0 Å². The third-order valence-electron chi connectivity index (χ3n) is 3.83. The van der Waals surface area contributed by atoms with Crippen LogP contribution in [-0.4, -0.2) is 42.5 Å². The Morgan fingerprint density at radius 3 is 2.71 bits per heavy atom. The highest BCUT2D eigenvalue weighted by Gasteiger charge is 2.31. The number of nitrogens with two attached hydrogens (primary N) is 1. The number of hydrogen-bond donors (Lipinski definition) is 1. The van der Waals surface area contributed by atoms with Crippen molar-refractivity contribution >= 4 is 11.8 Å². The summed E-state index contributed by atoms with van der Waals surface area (Å²) in [5.74, 6) is -0.453. The van der Waals surface area contributed by atoms with Crippen LogP contribution in [0.3, 0.4) is 0 Å². The summed E-state index contributed by atoms with van der Waals surface area (Å²) in [7, 11) is 0. The maximum Gasteiger partial charge on any atom is 0.243 e. The molecule has 2 amide bonds. The third-order valence-corrected chi connectivity index (χ3v) is 3.83. The second kappa shape index (κ2) is 7.22. The van der Waals surface area contributed by atoms with Crippen LogP contribution in [0.1, 0.15) is 31.2 Å². The van der Waals surface area contributed by atoms with Gasteiger partial charge >= 0.3 is 0 Å². The summed E-state index contributed by atoms with van der Waals surface area (Å²) in [6.45, 7) is 3.15. The maximum absolute atomic E-state index is 12.6. The Kier molecular flexibility index (Phi) is 5.33. The third kappa shape index (κ3) is 4.04. The van der Waals surface area contributed by atoms with Crippen LogP contribution in [-0.2, 0) is 14.3 Å². The van der Waals surface area contributed by atoms with Crippen LogP contribution in [0.15, 0.2) is 30.3 Å². The number of carbonyl (C=O) groups is 2. The molecule has 2 atom stereocenters. The smallest absolute Gasteiger partial charge is 0.243 e. The van der Waals surface area contributed by atoms with Gasteiger partial charge in [0.2, 0.25) is 11.8 Å². The topological polar surface area (TPSA) is 72.6 Å². The number of ether oxygens (including phenoxy) is 1. The monoisotopic (exact) mass is 290 g/mol. The Hall–Kier alpha value is -1.88. The minimum absolute atomic E-state index is 0.0808. The molecule has 1 heterocycles. The summed E-state index contributed by atoms with van der Waals surface area (Å²) in [4.78, 5) is 25.2. The fourth-order valence-electron chi connectivity index (χ4n) is 2.72. The molecule has 0 unspecified atom stereocenters. The van der Waals surface area contributed by atoms with E-state index in [1.807, 2.05) is 42.2 Å². The zero-order chi connectivity index (χ0) is 15.2. The molecule has 21 heavy (non-hydrogen) atoms. The van der Waals surface area contributed by atoms with E-state index in [1.54, 1.807) is 0 Å². The van der Waals surface area contributed by atoms with E-state index in [2.05, 4.69) is 0 Å². The molecule has 1 fully saturated rings. The van der Waals surface area contributed by atoms with Crippen molar-refractivity contribution in [2.24, 2.45) is 5.73 Å². The minimum Gasteiger partial charge on any atom is -0.368 e. The molecule has 1 aliphatic rings. The van der Waals surface area contributed by atoms with Crippen molar-refractivity contribution in [2.75, 3.05) is 19.7 Å². The van der Waals surface area contributed by atoms with Gasteiger partial charge in [0, 0.05) is 13.1 Å². The van der Waals surface area contributed by atoms with Crippen LogP contribution in [0.5, 0.6) is 0 Å². The van der Waals surface area contributed by atoms with Gasteiger partial charge in [-0.2, -0.15) is 0 Å². The quantitative estimate of drug-likeness (QED) is 0.858. The fourth-order valence-corrected chi connectivity index (χ4v) is 2.72. The molecule has 1 aliphatic heterocycles. The van der Waals surface area contributed by atoms with Gasteiger partial charge in [0.05, 0.1) is 12.0 Å². The number of amides is 2. The highest BCUT2D eigenvalue weighted by Crippen LogP contribution is 2.24. The SMILES string of the molecule is CC[C@@H](C(=O)N1CC[C@H](OCC(N)=O)C1)c1ccccc1. The van der Waals surface area contributed by atoms with Gasteiger partial charge in [-0.1, -0.05) is 37.3 Å². The molecule has 1 aromatic carbocycles. The lowest BCUT2D eigenvalue weighted by atomic mass is 9.95. The lowest BCUT2D eigenvalue weighted by Gasteiger charge is -2.23. The standard InChI is InChI=1S/C16H22N2O3/c1-2-14(12-6-4-3-5-7-12)16(20)18-9-8-13(10-18)21-11-15(17)19/h3-7,13-14H,2,8-11H2,1H3,(H2,17,19)/t13-,14+/m0/s1. The van der Waals surface area contributed by atoms with Gasteiger partial charge in [-0.15, -0.1) is 0 Å². The predicted octanol–water partition coefficient (Wildman–Crippen LogP) is 1.28. The molecule has 0 saturated carbocycles. The molecule has 0 radical (unpaired) electrons. The first-order valence-corrected chi connectivity index (χ1v) is 7.35. The molecule has 0 bridgehead atoms. The van der Waals surface area contributed by atoms with Crippen molar-refractivity contribution in [2.45, 2.75) is 31.8 Å². The summed E-state index contributed by atoms with van der Waals surface area (Å²) in [6.07, 6.45) is 1.44. The van der Waals surface area contributed by atoms with Crippen LogP contribution in [0.2, 0.25) is 0 Å². The van der Waals surface area contributed by atoms with Gasteiger partial charge in [-0.25, -0.2) is 0 Å². The zero-order valence-corrected chi connectivity index (χ0v) is 12.3. The molecule has 2 N–H and O–H groups in total. The van der Waals surface area contributed by atoms with Gasteiger partial charge in [0.1, 0.15) is 6.61 Å². The number of nitrogens with zero attached hydrogens (tertiary/aromatic N) is 1. The Morgan fingerprint density at radius 1 is 1.38 bits per heavy atom. The molecule has 114 valence electrons. The van der Waals surface area contributed by atoms with Gasteiger partial charge in [-0.3, -0.25) is 9.59 Å². The second-order valence-electron chi connectivity index (χ2n) is 5.34. The Labute approximate surface area is 125 Å². The van der Waals surface area contributed by atoms with E-state index < -0.39 is 5.91 Å². The van der Waals surface area contributed by atoms with Gasteiger partial charge in [0.25, 0.3) is 0 Å². The van der Waals surface area contributed by atoms with E-state index in [0.717, 1.165) is 18.4 Å². The lowest BCUT2D eigenvalue weighted by molar-refractivity contribution is -0.132. The highest BCUT2D eigenvalue weighted by molar-refractivity contribution is 5.84. The van der Waals surface area contributed by atoms with E-state index in [4.69, 9.17) is 10.5 Å². The second-order valence-corrected chi connectivity index (χ2v) is 5.34. The predicted molar refractivity (Wildman–Crippen MR) is 79.6 cm³/mol. The molecule has 1 saturated heterocycles. The normalized spacial score (nSPS) is 19.5. The summed E-state index contributed by atoms with van der Waals surface area (Å²) >= 11 is 0. The molecule has 2 rings (SSSR count). The van der Waals surface area contributed by atoms with Crippen LogP contribution in [0.25, 0.3) is 0 Å². The van der Waals surface area contributed by atoms with Crippen LogP contribution >= 0.6 is 0 Å². The van der Waals surface area contributed by atoms with Crippen molar-refractivity contribution in [1.29, 1.82) is 0 Å². The van der Waals surface area contributed by atoms with Gasteiger partial charge in [0.15, 0.2) is 0 Å². The molecular formula is C16H22N2O3. The first kappa shape index (κ1) is 15.5. The van der Waals surface area contributed by atoms with Gasteiger partial charge < -0.3 is 15.4 Å². The van der Waals surface area contributed by atoms with Crippen molar-refractivity contribution in [3.63, 3.8) is 0 Å². The first-order chi connectivity index (χ1) is 10.1. The largest absolute Gasteiger partial charge is 0.368 e. The van der Waals surface area contributed by atoms with E-state index in [-0.39, 0.29) is 24.5 Å². The average molecular weight is 290 g/mol. The van der Waals surface area contributed by atoms with E-state index in [1.165, 1.54) is 0 Å². The minimum atomic E-state index is -0.476. The highest BCUT2D eigenvalue weighted by atomic mass is 16.5. The van der Waals surface area contributed by atoms with Gasteiger partial charge in [-0.05, 0) is 18.4 Å². The summed E-state index contributed by atoms with van der Waals surface area (Å²) in [6, 6.07) is 9.83. The number of benzene rings is 1.